The van der Waals surface area contributed by atoms with E-state index in [2.05, 4.69) is 32.6 Å². The van der Waals surface area contributed by atoms with Crippen LogP contribution in [0.1, 0.15) is 69.2 Å². The molecule has 1 atom stereocenters. The average Bonchev–Trinajstić information content (AvgIpc) is 2.48. The maximum atomic E-state index is 6.49. The minimum atomic E-state index is -0.0866. The largest absolute Gasteiger partial charge is 0.496 e. The number of piperidine rings is 1. The Bertz CT molecular complexity index is 555. The summed E-state index contributed by atoms with van der Waals surface area (Å²) in [5.74, 6) is 1.43. The number of benzene rings is 1. The van der Waals surface area contributed by atoms with Gasteiger partial charge in [0.25, 0.3) is 0 Å². The lowest BCUT2D eigenvalue weighted by Crippen LogP contribution is -2.45. The molecule has 4 heteroatoms. The molecule has 1 heterocycles. The molecule has 1 aromatic rings. The molecule has 1 saturated heterocycles. The van der Waals surface area contributed by atoms with Crippen molar-refractivity contribution in [2.24, 2.45) is 5.73 Å². The van der Waals surface area contributed by atoms with E-state index in [-0.39, 0.29) is 11.6 Å². The highest BCUT2D eigenvalue weighted by Gasteiger charge is 2.31. The number of halogens is 1. The fraction of sp³-hybridized carbons (Fsp3) is 0.684. The molecule has 0 bridgehead atoms. The van der Waals surface area contributed by atoms with Crippen LogP contribution >= 0.6 is 11.6 Å². The predicted molar refractivity (Wildman–Crippen MR) is 98.6 cm³/mol. The zero-order valence-corrected chi connectivity index (χ0v) is 16.1. The van der Waals surface area contributed by atoms with Crippen LogP contribution < -0.4 is 10.5 Å². The first-order chi connectivity index (χ1) is 10.7. The topological polar surface area (TPSA) is 38.5 Å². The maximum Gasteiger partial charge on any atom is 0.127 e. The van der Waals surface area contributed by atoms with Gasteiger partial charge in [0.05, 0.1) is 7.11 Å². The summed E-state index contributed by atoms with van der Waals surface area (Å²) in [6.07, 6.45) is 2.26. The second kappa shape index (κ2) is 7.00. The first kappa shape index (κ1) is 18.6. The molecule has 2 N–H and O–H groups in total. The highest BCUT2D eigenvalue weighted by atomic mass is 35.5. The van der Waals surface area contributed by atoms with Gasteiger partial charge in [-0.1, -0.05) is 11.6 Å². The Labute approximate surface area is 146 Å². The smallest absolute Gasteiger partial charge is 0.127 e. The Balaban J connectivity index is 2.37. The molecule has 1 unspecified atom stereocenters. The van der Waals surface area contributed by atoms with Crippen LogP contribution in [0.4, 0.5) is 0 Å². The Morgan fingerprint density at radius 1 is 1.30 bits per heavy atom. The van der Waals surface area contributed by atoms with Crippen LogP contribution in [0.5, 0.6) is 5.75 Å². The Kier molecular flexibility index (Phi) is 5.65. The number of hydrogen-bond acceptors (Lipinski definition) is 3. The van der Waals surface area contributed by atoms with Gasteiger partial charge in [0.1, 0.15) is 5.75 Å². The average molecular weight is 339 g/mol. The van der Waals surface area contributed by atoms with E-state index in [4.69, 9.17) is 22.1 Å². The normalized spacial score (nSPS) is 19.0. The lowest BCUT2D eigenvalue weighted by molar-refractivity contribution is 0.102. The summed E-state index contributed by atoms with van der Waals surface area (Å²) in [5, 5.41) is 0.798. The number of nitrogens with zero attached hydrogens (tertiary/aromatic N) is 1. The quantitative estimate of drug-likeness (QED) is 0.871. The van der Waals surface area contributed by atoms with Crippen molar-refractivity contribution in [1.29, 1.82) is 0 Å². The summed E-state index contributed by atoms with van der Waals surface area (Å²) in [6.45, 7) is 13.1. The summed E-state index contributed by atoms with van der Waals surface area (Å²) in [7, 11) is 1.74. The van der Waals surface area contributed by atoms with Gasteiger partial charge in [0, 0.05) is 27.7 Å². The van der Waals surface area contributed by atoms with Crippen LogP contribution in [0, 0.1) is 6.92 Å². The predicted octanol–water partition coefficient (Wildman–Crippen LogP) is 4.65. The zero-order chi connectivity index (χ0) is 17.4. The molecule has 23 heavy (non-hydrogen) atoms. The van der Waals surface area contributed by atoms with Crippen LogP contribution in [0.3, 0.4) is 0 Å². The number of methoxy groups -OCH3 is 1. The molecule has 0 spiro atoms. The summed E-state index contributed by atoms with van der Waals surface area (Å²) >= 11 is 6.49. The highest BCUT2D eigenvalue weighted by Crippen LogP contribution is 2.43. The van der Waals surface area contributed by atoms with Crippen molar-refractivity contribution in [3.8, 4) is 5.75 Å². The van der Waals surface area contributed by atoms with Crippen LogP contribution in [-0.4, -0.2) is 30.6 Å². The number of likely N-dealkylation sites (tertiary alicyclic amines) is 1. The van der Waals surface area contributed by atoms with E-state index in [1.165, 1.54) is 5.56 Å². The minimum Gasteiger partial charge on any atom is -0.496 e. The van der Waals surface area contributed by atoms with Crippen molar-refractivity contribution < 1.29 is 4.74 Å². The van der Waals surface area contributed by atoms with E-state index in [0.29, 0.717) is 5.92 Å². The molecule has 0 radical (unpaired) electrons. The first-order valence-corrected chi connectivity index (χ1v) is 8.92. The van der Waals surface area contributed by atoms with Crippen molar-refractivity contribution in [1.82, 2.24) is 4.90 Å². The molecule has 0 aliphatic carbocycles. The molecule has 0 aromatic heterocycles. The van der Waals surface area contributed by atoms with E-state index in [9.17, 15) is 0 Å². The number of ether oxygens (including phenoxy) is 1. The zero-order valence-electron chi connectivity index (χ0n) is 15.4. The lowest BCUT2D eigenvalue weighted by Gasteiger charge is -2.41. The molecule has 130 valence electrons. The van der Waals surface area contributed by atoms with Crippen molar-refractivity contribution in [2.45, 2.75) is 65.0 Å². The van der Waals surface area contributed by atoms with Crippen molar-refractivity contribution in [2.75, 3.05) is 20.2 Å². The monoisotopic (exact) mass is 338 g/mol. The fourth-order valence-electron chi connectivity index (χ4n) is 3.66. The molecular weight excluding hydrogens is 308 g/mol. The summed E-state index contributed by atoms with van der Waals surface area (Å²) in [5.41, 5.74) is 9.79. The van der Waals surface area contributed by atoms with Crippen molar-refractivity contribution >= 4 is 11.6 Å². The summed E-state index contributed by atoms with van der Waals surface area (Å²) in [6, 6.07) is 1.88. The van der Waals surface area contributed by atoms with Gasteiger partial charge in [-0.2, -0.15) is 0 Å². The van der Waals surface area contributed by atoms with E-state index in [1.807, 2.05) is 13.0 Å². The molecule has 2 rings (SSSR count). The molecule has 0 amide bonds. The van der Waals surface area contributed by atoms with E-state index >= 15 is 0 Å². The number of rotatable bonds is 3. The van der Waals surface area contributed by atoms with Gasteiger partial charge in [0.2, 0.25) is 0 Å². The Morgan fingerprint density at radius 2 is 1.87 bits per heavy atom. The van der Waals surface area contributed by atoms with E-state index in [1.54, 1.807) is 7.11 Å². The maximum absolute atomic E-state index is 6.49. The third-order valence-corrected chi connectivity index (χ3v) is 5.49. The highest BCUT2D eigenvalue weighted by molar-refractivity contribution is 6.31. The second-order valence-electron chi connectivity index (χ2n) is 7.74. The van der Waals surface area contributed by atoms with Crippen LogP contribution in [0.25, 0.3) is 0 Å². The summed E-state index contributed by atoms with van der Waals surface area (Å²) < 4.78 is 5.77. The van der Waals surface area contributed by atoms with Gasteiger partial charge in [-0.15, -0.1) is 0 Å². The molecule has 3 nitrogen and oxygen atoms in total. The minimum absolute atomic E-state index is 0.0866. The lowest BCUT2D eigenvalue weighted by atomic mass is 9.83. The van der Waals surface area contributed by atoms with Crippen LogP contribution in [-0.2, 0) is 0 Å². The fourth-order valence-corrected chi connectivity index (χ4v) is 3.88. The van der Waals surface area contributed by atoms with E-state index in [0.717, 1.165) is 47.8 Å². The summed E-state index contributed by atoms with van der Waals surface area (Å²) in [4.78, 5) is 2.56. The molecule has 0 saturated carbocycles. The Morgan fingerprint density at radius 3 is 2.30 bits per heavy atom. The van der Waals surface area contributed by atoms with Crippen LogP contribution in [0.2, 0.25) is 5.02 Å². The van der Waals surface area contributed by atoms with E-state index < -0.39 is 0 Å². The molecule has 1 fully saturated rings. The van der Waals surface area contributed by atoms with Crippen molar-refractivity contribution in [3.05, 3.63) is 27.8 Å². The number of nitrogens with two attached hydrogens (primary N) is 1. The SMILES string of the molecule is COc1c(C(C)N)cc(Cl)c(C)c1C1CCN(C(C)(C)C)CC1. The molecule has 1 aromatic carbocycles. The molecular formula is C19H31ClN2O. The molecule has 1 aliphatic heterocycles. The first-order valence-electron chi connectivity index (χ1n) is 8.54. The number of hydrogen-bond donors (Lipinski definition) is 1. The molecule has 1 aliphatic rings. The van der Waals surface area contributed by atoms with Crippen LogP contribution in [0.15, 0.2) is 6.07 Å². The van der Waals surface area contributed by atoms with Gasteiger partial charge < -0.3 is 10.5 Å². The second-order valence-corrected chi connectivity index (χ2v) is 8.15. The van der Waals surface area contributed by atoms with Crippen molar-refractivity contribution in [3.63, 3.8) is 0 Å². The van der Waals surface area contributed by atoms with Gasteiger partial charge in [-0.05, 0) is 78.1 Å². The van der Waals surface area contributed by atoms with Gasteiger partial charge in [-0.3, -0.25) is 4.90 Å². The third-order valence-electron chi connectivity index (χ3n) is 5.10. The van der Waals surface area contributed by atoms with Gasteiger partial charge >= 0.3 is 0 Å². The third kappa shape index (κ3) is 3.84. The Hall–Kier alpha value is -0.770. The standard InChI is InChI=1S/C19H31ClN2O/c1-12-16(20)11-15(13(2)21)18(23-6)17(12)14-7-9-22(10-8-14)19(3,4)5/h11,13-14H,7-10,21H2,1-6H3. The van der Waals surface area contributed by atoms with Gasteiger partial charge in [-0.25, -0.2) is 0 Å². The van der Waals surface area contributed by atoms with Gasteiger partial charge in [0.15, 0.2) is 0 Å².